The lowest BCUT2D eigenvalue weighted by Gasteiger charge is -2.31. The Kier molecular flexibility index (Phi) is 3.87. The molecule has 0 bridgehead atoms. The van der Waals surface area contributed by atoms with E-state index in [1.807, 2.05) is 6.07 Å². The van der Waals surface area contributed by atoms with Gasteiger partial charge in [0.15, 0.2) is 11.6 Å². The van der Waals surface area contributed by atoms with Crippen LogP contribution in [0.2, 0.25) is 0 Å². The first kappa shape index (κ1) is 14.5. The number of fused-ring (bicyclic) bond motifs is 1. The molecule has 1 atom stereocenters. The van der Waals surface area contributed by atoms with Crippen molar-refractivity contribution in [2.24, 2.45) is 5.92 Å². The van der Waals surface area contributed by atoms with Crippen molar-refractivity contribution in [3.05, 3.63) is 52.2 Å². The number of hydrogen-bond donors (Lipinski definition) is 1. The van der Waals surface area contributed by atoms with E-state index in [9.17, 15) is 4.79 Å². The third-order valence-corrected chi connectivity index (χ3v) is 4.80. The maximum absolute atomic E-state index is 12.4. The van der Waals surface area contributed by atoms with Gasteiger partial charge in [-0.3, -0.25) is 9.69 Å². The highest BCUT2D eigenvalue weighted by molar-refractivity contribution is 5.46. The second-order valence-corrected chi connectivity index (χ2v) is 6.45. The third-order valence-electron chi connectivity index (χ3n) is 4.80. The first-order valence-corrected chi connectivity index (χ1v) is 8.33. The number of furan rings is 1. The molecule has 5 heteroatoms. The van der Waals surface area contributed by atoms with Gasteiger partial charge in [-0.2, -0.15) is 0 Å². The highest BCUT2D eigenvalue weighted by Crippen LogP contribution is 2.23. The molecule has 23 heavy (non-hydrogen) atoms. The summed E-state index contributed by atoms with van der Waals surface area (Å²) < 4.78 is 5.34. The van der Waals surface area contributed by atoms with Crippen LogP contribution in [0.25, 0.3) is 11.6 Å². The van der Waals surface area contributed by atoms with Crippen molar-refractivity contribution in [2.75, 3.05) is 13.1 Å². The molecule has 120 valence electrons. The fraction of sp³-hybridized carbons (Fsp3) is 0.444. The molecule has 0 aromatic carbocycles. The summed E-state index contributed by atoms with van der Waals surface area (Å²) in [6.45, 7) is 2.75. The summed E-state index contributed by atoms with van der Waals surface area (Å²) in [7, 11) is 0. The maximum atomic E-state index is 12.4. The quantitative estimate of drug-likeness (QED) is 0.885. The number of allylic oxidation sites excluding steroid dienone is 2. The third kappa shape index (κ3) is 3.01. The van der Waals surface area contributed by atoms with Crippen molar-refractivity contribution < 1.29 is 4.42 Å². The zero-order valence-electron chi connectivity index (χ0n) is 13.1. The summed E-state index contributed by atoms with van der Waals surface area (Å²) in [6.07, 6.45) is 10.6. The predicted octanol–water partition coefficient (Wildman–Crippen LogP) is 2.74. The molecule has 2 aromatic rings. The van der Waals surface area contributed by atoms with Crippen LogP contribution in [0.3, 0.4) is 0 Å². The van der Waals surface area contributed by atoms with Crippen LogP contribution >= 0.6 is 0 Å². The molecule has 1 unspecified atom stereocenters. The largest absolute Gasteiger partial charge is 0.461 e. The number of nitrogens with zero attached hydrogens (tertiary/aromatic N) is 2. The van der Waals surface area contributed by atoms with Gasteiger partial charge in [-0.15, -0.1) is 0 Å². The summed E-state index contributed by atoms with van der Waals surface area (Å²) in [6, 6.07) is 3.62. The van der Waals surface area contributed by atoms with Crippen molar-refractivity contribution >= 4 is 0 Å². The Bertz CT molecular complexity index is 761. The minimum atomic E-state index is -0.0327. The highest BCUT2D eigenvalue weighted by Gasteiger charge is 2.24. The molecule has 1 aliphatic heterocycles. The maximum Gasteiger partial charge on any atom is 0.256 e. The summed E-state index contributed by atoms with van der Waals surface area (Å²) in [4.78, 5) is 22.3. The minimum absolute atomic E-state index is 0.0327. The second kappa shape index (κ2) is 6.16. The molecule has 0 saturated carbocycles. The van der Waals surface area contributed by atoms with Gasteiger partial charge in [0.2, 0.25) is 0 Å². The van der Waals surface area contributed by atoms with Crippen molar-refractivity contribution in [1.29, 1.82) is 0 Å². The lowest BCUT2D eigenvalue weighted by atomic mass is 9.93. The average molecular weight is 311 g/mol. The van der Waals surface area contributed by atoms with Gasteiger partial charge in [-0.1, -0.05) is 12.2 Å². The number of aromatic nitrogens is 2. The lowest BCUT2D eigenvalue weighted by molar-refractivity contribution is 0.204. The molecule has 1 aliphatic carbocycles. The summed E-state index contributed by atoms with van der Waals surface area (Å²) in [5.74, 6) is 1.86. The van der Waals surface area contributed by atoms with Gasteiger partial charge < -0.3 is 9.40 Å². The van der Waals surface area contributed by atoms with E-state index in [0.29, 0.717) is 18.1 Å². The molecule has 0 radical (unpaired) electrons. The van der Waals surface area contributed by atoms with Gasteiger partial charge in [0.25, 0.3) is 5.56 Å². The molecular formula is C18H21N3O2. The van der Waals surface area contributed by atoms with Gasteiger partial charge in [-0.05, 0) is 37.3 Å². The van der Waals surface area contributed by atoms with Crippen LogP contribution in [0.15, 0.2) is 39.8 Å². The minimum Gasteiger partial charge on any atom is -0.461 e. The molecular weight excluding hydrogens is 290 g/mol. The molecule has 1 N–H and O–H groups in total. The number of hydrogen-bond acceptors (Lipinski definition) is 4. The van der Waals surface area contributed by atoms with Crippen LogP contribution in [0.5, 0.6) is 0 Å². The van der Waals surface area contributed by atoms with Crippen LogP contribution in [-0.4, -0.2) is 28.0 Å². The number of H-pyrrole nitrogens is 1. The van der Waals surface area contributed by atoms with E-state index in [2.05, 4.69) is 27.0 Å². The van der Waals surface area contributed by atoms with Crippen molar-refractivity contribution in [1.82, 2.24) is 14.9 Å². The van der Waals surface area contributed by atoms with E-state index in [-0.39, 0.29) is 5.56 Å². The first-order chi connectivity index (χ1) is 11.3. The highest BCUT2D eigenvalue weighted by atomic mass is 16.3. The smallest absolute Gasteiger partial charge is 0.256 e. The average Bonchev–Trinajstić information content (AvgIpc) is 3.11. The van der Waals surface area contributed by atoms with Crippen molar-refractivity contribution in [3.63, 3.8) is 0 Å². The predicted molar refractivity (Wildman–Crippen MR) is 88.0 cm³/mol. The SMILES string of the molecule is O=c1[nH]c(-c2ccco2)nc2c1CN(CC1CC=CCC1)CC2. The molecule has 4 rings (SSSR count). The summed E-state index contributed by atoms with van der Waals surface area (Å²) >= 11 is 0. The normalized spacial score (nSPS) is 21.3. The molecule has 0 amide bonds. The summed E-state index contributed by atoms with van der Waals surface area (Å²) in [5.41, 5.74) is 1.70. The van der Waals surface area contributed by atoms with E-state index in [1.165, 1.54) is 12.8 Å². The standard InChI is InChI=1S/C18H21N3O2/c22-18-14-12-21(11-13-5-2-1-3-6-13)9-8-15(14)19-17(20-18)16-7-4-10-23-16/h1-2,4,7,10,13H,3,5-6,8-9,11-12H2,(H,19,20,22). The fourth-order valence-electron chi connectivity index (χ4n) is 3.55. The summed E-state index contributed by atoms with van der Waals surface area (Å²) in [5, 5.41) is 0. The first-order valence-electron chi connectivity index (χ1n) is 8.33. The van der Waals surface area contributed by atoms with Crippen molar-refractivity contribution in [3.8, 4) is 11.6 Å². The van der Waals surface area contributed by atoms with E-state index >= 15 is 0 Å². The van der Waals surface area contributed by atoms with Crippen LogP contribution in [0.1, 0.15) is 30.5 Å². The van der Waals surface area contributed by atoms with E-state index < -0.39 is 0 Å². The van der Waals surface area contributed by atoms with E-state index in [1.54, 1.807) is 12.3 Å². The fourth-order valence-corrected chi connectivity index (χ4v) is 3.55. The van der Waals surface area contributed by atoms with E-state index in [0.717, 1.165) is 43.1 Å². The van der Waals surface area contributed by atoms with Crippen LogP contribution in [-0.2, 0) is 13.0 Å². The Labute approximate surface area is 135 Å². The van der Waals surface area contributed by atoms with Crippen LogP contribution in [0, 0.1) is 5.92 Å². The zero-order valence-corrected chi connectivity index (χ0v) is 13.1. The Hall–Kier alpha value is -2.14. The van der Waals surface area contributed by atoms with Gasteiger partial charge in [0.05, 0.1) is 17.5 Å². The molecule has 0 fully saturated rings. The Morgan fingerprint density at radius 3 is 3.13 bits per heavy atom. The second-order valence-electron chi connectivity index (χ2n) is 6.45. The molecule has 2 aliphatic rings. The number of nitrogens with one attached hydrogen (secondary N) is 1. The van der Waals surface area contributed by atoms with Gasteiger partial charge in [0, 0.05) is 26.1 Å². The molecule has 5 nitrogen and oxygen atoms in total. The monoisotopic (exact) mass is 311 g/mol. The topological polar surface area (TPSA) is 62.1 Å². The van der Waals surface area contributed by atoms with Gasteiger partial charge in [0.1, 0.15) is 0 Å². The number of rotatable bonds is 3. The molecule has 2 aromatic heterocycles. The van der Waals surface area contributed by atoms with Gasteiger partial charge in [-0.25, -0.2) is 4.98 Å². The molecule has 0 spiro atoms. The molecule has 0 saturated heterocycles. The van der Waals surface area contributed by atoms with Crippen LogP contribution in [0.4, 0.5) is 0 Å². The van der Waals surface area contributed by atoms with Crippen molar-refractivity contribution in [2.45, 2.75) is 32.2 Å². The Morgan fingerprint density at radius 2 is 2.35 bits per heavy atom. The van der Waals surface area contributed by atoms with E-state index in [4.69, 9.17) is 4.42 Å². The van der Waals surface area contributed by atoms with Gasteiger partial charge >= 0.3 is 0 Å². The molecule has 3 heterocycles. The number of aromatic amines is 1. The lowest BCUT2D eigenvalue weighted by Crippen LogP contribution is -2.38. The van der Waals surface area contributed by atoms with Crippen LogP contribution < -0.4 is 5.56 Å². The zero-order chi connectivity index (χ0) is 15.6. The Morgan fingerprint density at radius 1 is 1.39 bits per heavy atom. The Balaban J connectivity index is 1.53.